The van der Waals surface area contributed by atoms with Gasteiger partial charge < -0.3 is 5.73 Å². The smallest absolute Gasteiger partial charge is 0.327 e. The largest absolute Gasteiger partial charge is 0.417 e. The number of hydrogen-bond donors (Lipinski definition) is 1. The fourth-order valence-electron chi connectivity index (χ4n) is 1.90. The molecule has 0 aliphatic rings. The van der Waals surface area contributed by atoms with E-state index in [-0.39, 0.29) is 24.6 Å². The monoisotopic (exact) mass is 356 g/mol. The summed E-state index contributed by atoms with van der Waals surface area (Å²) in [6.07, 6.45) is -4.67. The zero-order valence-corrected chi connectivity index (χ0v) is 13.9. The van der Waals surface area contributed by atoms with E-state index in [9.17, 15) is 26.0 Å². The zero-order valence-electron chi connectivity index (χ0n) is 13.1. The minimum atomic E-state index is -4.97. The molecule has 1 unspecified atom stereocenters. The lowest BCUT2D eigenvalue weighted by molar-refractivity contribution is -0.140. The van der Waals surface area contributed by atoms with Gasteiger partial charge in [-0.05, 0) is 30.5 Å². The molecule has 1 aromatic rings. The topological polar surface area (TPSA) is 63.4 Å². The molecule has 4 nitrogen and oxygen atoms in total. The lowest BCUT2D eigenvalue weighted by Crippen LogP contribution is -2.35. The molecular formula is C14H20F4N2O2S. The van der Waals surface area contributed by atoms with Crippen LogP contribution in [0.15, 0.2) is 23.1 Å². The summed E-state index contributed by atoms with van der Waals surface area (Å²) in [5, 5.41) is 0. The molecule has 1 rings (SSSR count). The van der Waals surface area contributed by atoms with Gasteiger partial charge in [-0.15, -0.1) is 0 Å². The van der Waals surface area contributed by atoms with Gasteiger partial charge in [-0.25, -0.2) is 17.1 Å². The fourth-order valence-corrected chi connectivity index (χ4v) is 3.28. The molecule has 0 heterocycles. The van der Waals surface area contributed by atoms with E-state index < -0.39 is 32.5 Å². The van der Waals surface area contributed by atoms with E-state index in [0.717, 1.165) is 4.31 Å². The summed E-state index contributed by atoms with van der Waals surface area (Å²) in [7, 11) is -3.23. The maximum Gasteiger partial charge on any atom is 0.417 e. The second kappa shape index (κ2) is 7.14. The van der Waals surface area contributed by atoms with Crippen LogP contribution in [0.5, 0.6) is 0 Å². The second-order valence-electron chi connectivity index (χ2n) is 5.66. The predicted molar refractivity (Wildman–Crippen MR) is 78.6 cm³/mol. The first-order chi connectivity index (χ1) is 10.4. The average molecular weight is 356 g/mol. The highest BCUT2D eigenvalue weighted by Crippen LogP contribution is 2.35. The molecule has 1 atom stereocenters. The van der Waals surface area contributed by atoms with Gasteiger partial charge in [0, 0.05) is 19.6 Å². The third-order valence-electron chi connectivity index (χ3n) is 3.57. The van der Waals surface area contributed by atoms with E-state index in [1.807, 2.05) is 13.8 Å². The minimum absolute atomic E-state index is 0.0314. The van der Waals surface area contributed by atoms with E-state index in [4.69, 9.17) is 5.73 Å². The molecule has 0 spiro atoms. The van der Waals surface area contributed by atoms with Crippen LogP contribution >= 0.6 is 0 Å². The van der Waals surface area contributed by atoms with Crippen molar-refractivity contribution in [2.45, 2.75) is 37.4 Å². The lowest BCUT2D eigenvalue weighted by Gasteiger charge is -2.23. The summed E-state index contributed by atoms with van der Waals surface area (Å²) in [6.45, 7) is 3.69. The Morgan fingerprint density at radius 2 is 1.83 bits per heavy atom. The van der Waals surface area contributed by atoms with Crippen molar-refractivity contribution in [3.8, 4) is 0 Å². The van der Waals surface area contributed by atoms with Crippen LogP contribution in [-0.4, -0.2) is 32.4 Å². The summed E-state index contributed by atoms with van der Waals surface area (Å²) < 4.78 is 77.5. The molecule has 0 aliphatic carbocycles. The number of hydrogen-bond acceptors (Lipinski definition) is 3. The van der Waals surface area contributed by atoms with Crippen molar-refractivity contribution < 1.29 is 26.0 Å². The number of sulfonamides is 1. The maximum absolute atomic E-state index is 13.1. The van der Waals surface area contributed by atoms with Gasteiger partial charge in [0.15, 0.2) is 0 Å². The number of nitrogens with zero attached hydrogens (tertiary/aromatic N) is 1. The van der Waals surface area contributed by atoms with Crippen LogP contribution in [0, 0.1) is 11.7 Å². The number of nitrogens with two attached hydrogens (primary N) is 1. The second-order valence-corrected chi connectivity index (χ2v) is 7.67. The van der Waals surface area contributed by atoms with Gasteiger partial charge in [0.1, 0.15) is 5.82 Å². The van der Waals surface area contributed by atoms with Crippen LogP contribution in [0.4, 0.5) is 17.6 Å². The van der Waals surface area contributed by atoms with Crippen molar-refractivity contribution in [1.82, 2.24) is 4.31 Å². The first-order valence-corrected chi connectivity index (χ1v) is 8.40. The maximum atomic E-state index is 13.1. The van der Waals surface area contributed by atoms with Gasteiger partial charge in [0.25, 0.3) is 0 Å². The summed E-state index contributed by atoms with van der Waals surface area (Å²) in [4.78, 5) is -0.966. The quantitative estimate of drug-likeness (QED) is 0.797. The molecule has 132 valence electrons. The molecule has 2 N–H and O–H groups in total. The first kappa shape index (κ1) is 19.9. The summed E-state index contributed by atoms with van der Waals surface area (Å²) in [5.74, 6) is -1.04. The zero-order chi connectivity index (χ0) is 18.0. The Labute approximate surface area is 133 Å². The van der Waals surface area contributed by atoms with Crippen LogP contribution in [-0.2, 0) is 16.2 Å². The number of halogens is 4. The van der Waals surface area contributed by atoms with Gasteiger partial charge in [0.05, 0.1) is 10.5 Å². The summed E-state index contributed by atoms with van der Waals surface area (Å²) >= 11 is 0. The van der Waals surface area contributed by atoms with Crippen molar-refractivity contribution in [2.75, 3.05) is 13.6 Å². The third kappa shape index (κ3) is 4.89. The van der Waals surface area contributed by atoms with Gasteiger partial charge in [-0.2, -0.15) is 13.2 Å². The number of alkyl halides is 3. The highest BCUT2D eigenvalue weighted by Gasteiger charge is 2.38. The highest BCUT2D eigenvalue weighted by atomic mass is 32.2. The molecule has 0 fully saturated rings. The fraction of sp³-hybridized carbons (Fsp3) is 0.571. The molecular weight excluding hydrogens is 336 g/mol. The minimum Gasteiger partial charge on any atom is -0.327 e. The highest BCUT2D eigenvalue weighted by molar-refractivity contribution is 7.89. The first-order valence-electron chi connectivity index (χ1n) is 6.96. The van der Waals surface area contributed by atoms with Crippen molar-refractivity contribution in [2.24, 2.45) is 11.7 Å². The van der Waals surface area contributed by atoms with Crippen LogP contribution in [0.25, 0.3) is 0 Å². The normalized spacial score (nSPS) is 14.5. The third-order valence-corrected chi connectivity index (χ3v) is 5.48. The van der Waals surface area contributed by atoms with Crippen LogP contribution in [0.3, 0.4) is 0 Å². The molecule has 0 amide bonds. The predicted octanol–water partition coefficient (Wildman–Crippen LogP) is 2.84. The Hall–Kier alpha value is -1.19. The van der Waals surface area contributed by atoms with Crippen molar-refractivity contribution in [3.63, 3.8) is 0 Å². The molecule has 23 heavy (non-hydrogen) atoms. The average Bonchev–Trinajstić information content (AvgIpc) is 2.42. The molecule has 0 bridgehead atoms. The Morgan fingerprint density at radius 1 is 1.26 bits per heavy atom. The van der Waals surface area contributed by atoms with Crippen LogP contribution in [0.2, 0.25) is 0 Å². The van der Waals surface area contributed by atoms with Crippen molar-refractivity contribution in [3.05, 3.63) is 29.6 Å². The SMILES string of the molecule is CC(C)C(N)CCN(C)S(=O)(=O)c1ccc(F)cc1C(F)(F)F. The summed E-state index contributed by atoms with van der Waals surface area (Å²) in [6, 6.07) is 1.23. The van der Waals surface area contributed by atoms with Gasteiger partial charge in [-0.3, -0.25) is 0 Å². The summed E-state index contributed by atoms with van der Waals surface area (Å²) in [5.41, 5.74) is 4.30. The van der Waals surface area contributed by atoms with E-state index >= 15 is 0 Å². The van der Waals surface area contributed by atoms with Crippen molar-refractivity contribution in [1.29, 1.82) is 0 Å². The molecule has 9 heteroatoms. The molecule has 0 saturated heterocycles. The molecule has 1 aromatic carbocycles. The Kier molecular flexibility index (Phi) is 6.17. The van der Waals surface area contributed by atoms with Gasteiger partial charge in [-0.1, -0.05) is 13.8 Å². The van der Waals surface area contributed by atoms with E-state index in [1.165, 1.54) is 7.05 Å². The Bertz CT molecular complexity index is 645. The van der Waals surface area contributed by atoms with Gasteiger partial charge in [0.2, 0.25) is 10.0 Å². The Morgan fingerprint density at radius 3 is 2.30 bits per heavy atom. The standard InChI is InChI=1S/C14H20F4N2O2S/c1-9(2)12(19)6-7-20(3)23(21,22)13-5-4-10(15)8-11(13)14(16,17)18/h4-5,8-9,12H,6-7,19H2,1-3H3. The van der Waals surface area contributed by atoms with Gasteiger partial charge >= 0.3 is 6.18 Å². The number of rotatable bonds is 6. The molecule has 0 aromatic heterocycles. The van der Waals surface area contributed by atoms with Crippen LogP contribution in [0.1, 0.15) is 25.8 Å². The Balaban J connectivity index is 3.14. The van der Waals surface area contributed by atoms with Crippen LogP contribution < -0.4 is 5.73 Å². The van der Waals surface area contributed by atoms with E-state index in [2.05, 4.69) is 0 Å². The molecule has 0 aliphatic heterocycles. The number of benzene rings is 1. The molecule has 0 radical (unpaired) electrons. The van der Waals surface area contributed by atoms with E-state index in [0.29, 0.717) is 18.6 Å². The molecule has 0 saturated carbocycles. The van der Waals surface area contributed by atoms with E-state index in [1.54, 1.807) is 0 Å². The lowest BCUT2D eigenvalue weighted by atomic mass is 10.0. The van der Waals surface area contributed by atoms with Crippen molar-refractivity contribution >= 4 is 10.0 Å².